The van der Waals surface area contributed by atoms with E-state index >= 15 is 0 Å². The van der Waals surface area contributed by atoms with Gasteiger partial charge >= 0.3 is 0 Å². The number of anilines is 3. The van der Waals surface area contributed by atoms with Gasteiger partial charge in [-0.3, -0.25) is 4.98 Å². The molecule has 6 aromatic carbocycles. The summed E-state index contributed by atoms with van der Waals surface area (Å²) in [5, 5.41) is 7.01. The van der Waals surface area contributed by atoms with Gasteiger partial charge in [0.1, 0.15) is 5.58 Å². The number of aromatic nitrogens is 1. The number of fused-ring (bicyclic) bond motifs is 8. The highest BCUT2D eigenvalue weighted by Gasteiger charge is 2.21. The van der Waals surface area contributed by atoms with Gasteiger partial charge in [0.25, 0.3) is 0 Å². The first-order valence-corrected chi connectivity index (χ1v) is 15.2. The average Bonchev–Trinajstić information content (AvgIpc) is 3.64. The summed E-state index contributed by atoms with van der Waals surface area (Å²) in [4.78, 5) is 6.75. The summed E-state index contributed by atoms with van der Waals surface area (Å²) in [6, 6.07) is 47.4. The van der Waals surface area contributed by atoms with Crippen LogP contribution in [-0.2, 0) is 0 Å². The summed E-state index contributed by atoms with van der Waals surface area (Å²) in [5.41, 5.74) is 7.27. The summed E-state index contributed by atoms with van der Waals surface area (Å²) in [5.74, 6) is 0. The van der Waals surface area contributed by atoms with Crippen molar-refractivity contribution in [2.45, 2.75) is 0 Å². The third-order valence-corrected chi connectivity index (χ3v) is 9.49. The molecule has 0 N–H and O–H groups in total. The molecule has 0 unspecified atom stereocenters. The highest BCUT2D eigenvalue weighted by atomic mass is 32.1. The van der Waals surface area contributed by atoms with Gasteiger partial charge in [-0.1, -0.05) is 84.9 Å². The number of benzene rings is 6. The molecule has 0 fully saturated rings. The maximum atomic E-state index is 6.68. The Balaban J connectivity index is 1.29. The molecule has 0 aliphatic rings. The number of furan rings is 1. The van der Waals surface area contributed by atoms with E-state index in [2.05, 4.69) is 143 Å². The molecule has 0 atom stereocenters. The monoisotopic (exact) mass is 568 g/mol. The van der Waals surface area contributed by atoms with Crippen LogP contribution in [0.1, 0.15) is 0 Å². The predicted octanol–water partition coefficient (Wildman–Crippen LogP) is 11.6. The topological polar surface area (TPSA) is 29.3 Å². The minimum atomic E-state index is 0.859. The SMILES string of the molecule is c1ccc(-c2ccc(N(c3ccc4c(c3)sc3ccccc34)c3cccc4c3oc3ccc5ccncc5c34)cc2)cc1. The van der Waals surface area contributed by atoms with Crippen molar-refractivity contribution >= 4 is 81.3 Å². The zero-order chi connectivity index (χ0) is 28.3. The van der Waals surface area contributed by atoms with Crippen molar-refractivity contribution in [2.75, 3.05) is 4.90 Å². The van der Waals surface area contributed by atoms with E-state index in [1.807, 2.05) is 23.7 Å². The fourth-order valence-corrected chi connectivity index (χ4v) is 7.47. The number of pyridine rings is 1. The first-order chi connectivity index (χ1) is 21.3. The van der Waals surface area contributed by atoms with Crippen LogP contribution in [0.4, 0.5) is 17.1 Å². The highest BCUT2D eigenvalue weighted by molar-refractivity contribution is 7.25. The summed E-state index contributed by atoms with van der Waals surface area (Å²) >= 11 is 1.84. The molecule has 0 bridgehead atoms. The second kappa shape index (κ2) is 9.55. The fraction of sp³-hybridized carbons (Fsp3) is 0. The van der Waals surface area contributed by atoms with Crippen molar-refractivity contribution in [3.63, 3.8) is 0 Å². The van der Waals surface area contributed by atoms with Crippen molar-refractivity contribution in [3.8, 4) is 11.1 Å². The van der Waals surface area contributed by atoms with Crippen molar-refractivity contribution in [2.24, 2.45) is 0 Å². The van der Waals surface area contributed by atoms with Gasteiger partial charge in [-0.25, -0.2) is 0 Å². The molecule has 3 nitrogen and oxygen atoms in total. The van der Waals surface area contributed by atoms with Gasteiger partial charge < -0.3 is 9.32 Å². The Morgan fingerprint density at radius 1 is 0.558 bits per heavy atom. The quantitative estimate of drug-likeness (QED) is 0.211. The van der Waals surface area contributed by atoms with Crippen LogP contribution in [0.3, 0.4) is 0 Å². The van der Waals surface area contributed by atoms with Crippen LogP contribution in [0.2, 0.25) is 0 Å². The second-order valence-electron chi connectivity index (χ2n) is 10.8. The number of nitrogens with zero attached hydrogens (tertiary/aromatic N) is 2. The van der Waals surface area contributed by atoms with Crippen LogP contribution in [0.15, 0.2) is 150 Å². The number of hydrogen-bond acceptors (Lipinski definition) is 4. The van der Waals surface area contributed by atoms with E-state index in [-0.39, 0.29) is 0 Å². The van der Waals surface area contributed by atoms with Crippen molar-refractivity contribution in [1.82, 2.24) is 4.98 Å². The zero-order valence-electron chi connectivity index (χ0n) is 23.1. The number of thiophene rings is 1. The molecule has 0 saturated heterocycles. The van der Waals surface area contributed by atoms with Crippen LogP contribution in [0, 0.1) is 0 Å². The van der Waals surface area contributed by atoms with E-state index < -0.39 is 0 Å². The van der Waals surface area contributed by atoms with Crippen LogP contribution < -0.4 is 4.90 Å². The van der Waals surface area contributed by atoms with Crippen LogP contribution in [-0.4, -0.2) is 4.98 Å². The van der Waals surface area contributed by atoms with Gasteiger partial charge in [-0.15, -0.1) is 11.3 Å². The van der Waals surface area contributed by atoms with E-state index in [4.69, 9.17) is 4.42 Å². The molecule has 43 heavy (non-hydrogen) atoms. The summed E-state index contributed by atoms with van der Waals surface area (Å²) in [6.45, 7) is 0. The largest absolute Gasteiger partial charge is 0.454 e. The minimum absolute atomic E-state index is 0.859. The van der Waals surface area contributed by atoms with E-state index in [0.717, 1.165) is 49.8 Å². The molecular formula is C39H24N2OS. The molecule has 0 saturated carbocycles. The molecule has 3 aromatic heterocycles. The normalized spacial score (nSPS) is 11.7. The Labute approximate surface area is 251 Å². The highest BCUT2D eigenvalue weighted by Crippen LogP contribution is 2.45. The molecule has 202 valence electrons. The van der Waals surface area contributed by atoms with Gasteiger partial charge in [0.05, 0.1) is 5.69 Å². The molecule has 3 heterocycles. The van der Waals surface area contributed by atoms with Crippen molar-refractivity contribution in [1.29, 1.82) is 0 Å². The van der Waals surface area contributed by atoms with Crippen LogP contribution >= 0.6 is 11.3 Å². The van der Waals surface area contributed by atoms with Gasteiger partial charge in [0, 0.05) is 60.1 Å². The molecular weight excluding hydrogens is 545 g/mol. The maximum Gasteiger partial charge on any atom is 0.159 e. The van der Waals surface area contributed by atoms with Gasteiger partial charge in [0.15, 0.2) is 5.58 Å². The lowest BCUT2D eigenvalue weighted by molar-refractivity contribution is 0.669. The molecule has 0 amide bonds. The molecule has 0 spiro atoms. The standard InChI is InChI=1S/C39H24N2OS/c1-2-7-25(8-3-1)26-13-16-28(17-14-26)41(29-18-19-31-30-9-4-5-12-36(30)43-37(31)23-29)34-11-6-10-32-38-33-24-40-22-21-27(33)15-20-35(38)42-39(32)34/h1-24H. The minimum Gasteiger partial charge on any atom is -0.454 e. The molecule has 0 aliphatic heterocycles. The Morgan fingerprint density at radius 3 is 2.23 bits per heavy atom. The van der Waals surface area contributed by atoms with Crippen LogP contribution in [0.25, 0.3) is 64.0 Å². The van der Waals surface area contributed by atoms with Gasteiger partial charge in [0.2, 0.25) is 0 Å². The average molecular weight is 569 g/mol. The smallest absolute Gasteiger partial charge is 0.159 e. The Morgan fingerprint density at radius 2 is 1.33 bits per heavy atom. The number of rotatable bonds is 4. The lowest BCUT2D eigenvalue weighted by Gasteiger charge is -2.26. The fourth-order valence-electron chi connectivity index (χ4n) is 6.33. The Hall–Kier alpha value is -5.45. The zero-order valence-corrected chi connectivity index (χ0v) is 23.9. The summed E-state index contributed by atoms with van der Waals surface area (Å²) in [7, 11) is 0. The second-order valence-corrected chi connectivity index (χ2v) is 11.9. The molecule has 4 heteroatoms. The first-order valence-electron chi connectivity index (χ1n) is 14.4. The lowest BCUT2D eigenvalue weighted by Crippen LogP contribution is -2.10. The van der Waals surface area contributed by atoms with E-state index in [1.54, 1.807) is 0 Å². The molecule has 0 radical (unpaired) electrons. The van der Waals surface area contributed by atoms with E-state index in [9.17, 15) is 0 Å². The number of para-hydroxylation sites is 1. The summed E-state index contributed by atoms with van der Waals surface area (Å²) < 4.78 is 9.24. The van der Waals surface area contributed by atoms with Gasteiger partial charge in [-0.05, 0) is 65.0 Å². The van der Waals surface area contributed by atoms with Crippen LogP contribution in [0.5, 0.6) is 0 Å². The lowest BCUT2D eigenvalue weighted by atomic mass is 10.0. The Bertz CT molecular complexity index is 2460. The molecule has 0 aliphatic carbocycles. The van der Waals surface area contributed by atoms with Crippen molar-refractivity contribution < 1.29 is 4.42 Å². The third kappa shape index (κ3) is 3.84. The molecule has 9 rings (SSSR count). The Kier molecular flexibility index (Phi) is 5.37. The van der Waals surface area contributed by atoms with Gasteiger partial charge in [-0.2, -0.15) is 0 Å². The third-order valence-electron chi connectivity index (χ3n) is 8.35. The maximum absolute atomic E-state index is 6.68. The predicted molar refractivity (Wildman–Crippen MR) is 182 cm³/mol. The van der Waals surface area contributed by atoms with E-state index in [0.29, 0.717) is 0 Å². The molecule has 9 aromatic rings. The van der Waals surface area contributed by atoms with E-state index in [1.165, 1.54) is 31.3 Å². The van der Waals surface area contributed by atoms with Crippen molar-refractivity contribution in [3.05, 3.63) is 146 Å². The number of hydrogen-bond donors (Lipinski definition) is 0. The first kappa shape index (κ1) is 24.2. The summed E-state index contributed by atoms with van der Waals surface area (Å²) in [6.07, 6.45) is 3.78.